The Labute approximate surface area is 338 Å². The topological polar surface area (TPSA) is 18.5 Å². The van der Waals surface area contributed by atoms with E-state index in [1.165, 1.54) is 59.1 Å². The molecule has 2 fully saturated rings. The monoisotopic (exact) mass is 761 g/mol. The molecule has 2 aromatic carbocycles. The minimum Gasteiger partial charge on any atom is -0.496 e. The molecule has 0 aromatic heterocycles. The lowest BCUT2D eigenvalue weighted by atomic mass is 9.72. The summed E-state index contributed by atoms with van der Waals surface area (Å²) in [6, 6.07) is 22.6. The van der Waals surface area contributed by atoms with Gasteiger partial charge in [0, 0.05) is 11.1 Å². The van der Waals surface area contributed by atoms with Crippen LogP contribution in [0.1, 0.15) is 120 Å². The lowest BCUT2D eigenvalue weighted by molar-refractivity contribution is 0.272. The summed E-state index contributed by atoms with van der Waals surface area (Å²) < 4.78 is 13.0. The lowest BCUT2D eigenvalue weighted by Crippen LogP contribution is -2.47. The van der Waals surface area contributed by atoms with Crippen LogP contribution in [0.4, 0.5) is 0 Å². The zero-order valence-corrected chi connectivity index (χ0v) is 38.7. The largest absolute Gasteiger partial charge is 0.496 e. The second-order valence-corrected chi connectivity index (χ2v) is 28.0. The van der Waals surface area contributed by atoms with Crippen molar-refractivity contribution < 1.29 is 9.47 Å². The summed E-state index contributed by atoms with van der Waals surface area (Å²) in [5.74, 6) is 5.50. The Morgan fingerprint density at radius 1 is 0.527 bits per heavy atom. The molecule has 0 radical (unpaired) electrons. The summed E-state index contributed by atoms with van der Waals surface area (Å²) in [6.45, 7) is 35.0. The highest BCUT2D eigenvalue weighted by Crippen LogP contribution is 2.69. The zero-order chi connectivity index (χ0) is 40.5. The average molecular weight is 761 g/mol. The zero-order valence-electron chi connectivity index (χ0n) is 37.7. The maximum absolute atomic E-state index is 6.52. The molecule has 0 N–H and O–H groups in total. The highest BCUT2D eigenvalue weighted by atomic mass is 28.3. The molecule has 3 heteroatoms. The van der Waals surface area contributed by atoms with Gasteiger partial charge >= 0.3 is 0 Å². The number of hydrogen-bond acceptors (Lipinski definition) is 2. The third-order valence-electron chi connectivity index (χ3n) is 14.0. The summed E-state index contributed by atoms with van der Waals surface area (Å²) >= 11 is 0. The van der Waals surface area contributed by atoms with Crippen molar-refractivity contribution in [1.29, 1.82) is 0 Å². The number of fused-ring (bicyclic) bond motifs is 2. The molecule has 0 saturated heterocycles. The van der Waals surface area contributed by atoms with E-state index in [1.807, 2.05) is 14.2 Å². The number of benzene rings is 2. The van der Waals surface area contributed by atoms with Gasteiger partial charge in [0.15, 0.2) is 0 Å². The lowest BCUT2D eigenvalue weighted by Gasteiger charge is -2.49. The molecular weight excluding hydrogens is 685 g/mol. The average Bonchev–Trinajstić information content (AvgIpc) is 3.62. The van der Waals surface area contributed by atoms with Crippen LogP contribution in [0.15, 0.2) is 95.5 Å². The molecule has 0 bridgehead atoms. The van der Waals surface area contributed by atoms with Gasteiger partial charge in [-0.25, -0.2) is 0 Å². The fourth-order valence-electron chi connectivity index (χ4n) is 12.6. The van der Waals surface area contributed by atoms with Gasteiger partial charge in [-0.1, -0.05) is 169 Å². The van der Waals surface area contributed by atoms with Crippen molar-refractivity contribution in [2.45, 2.75) is 133 Å². The summed E-state index contributed by atoms with van der Waals surface area (Å²) in [5, 5.41) is 0. The third kappa shape index (κ3) is 8.17. The molecule has 55 heavy (non-hydrogen) atoms. The highest BCUT2D eigenvalue weighted by molar-refractivity contribution is 6.80. The van der Waals surface area contributed by atoms with Gasteiger partial charge in [-0.2, -0.15) is 0 Å². The molecule has 0 amide bonds. The van der Waals surface area contributed by atoms with Crippen LogP contribution in [-0.4, -0.2) is 22.3 Å². The van der Waals surface area contributed by atoms with Gasteiger partial charge < -0.3 is 9.47 Å². The van der Waals surface area contributed by atoms with Crippen LogP contribution in [0, 0.1) is 57.2 Å². The molecule has 2 saturated carbocycles. The molecular formula is C52H76O2Si. The maximum atomic E-state index is 6.52. The first kappa shape index (κ1) is 41.8. The minimum absolute atomic E-state index is 0.0262. The Bertz CT molecular complexity index is 1680. The molecule has 2 nitrogen and oxygen atoms in total. The smallest absolute Gasteiger partial charge is 0.126 e. The second kappa shape index (κ2) is 14.9. The van der Waals surface area contributed by atoms with Crippen LogP contribution < -0.4 is 0 Å². The van der Waals surface area contributed by atoms with E-state index in [-0.39, 0.29) is 21.7 Å². The van der Waals surface area contributed by atoms with Gasteiger partial charge in [0.2, 0.25) is 0 Å². The molecule has 8 atom stereocenters. The van der Waals surface area contributed by atoms with E-state index < -0.39 is 8.07 Å². The maximum Gasteiger partial charge on any atom is 0.126 e. The molecule has 6 rings (SSSR count). The summed E-state index contributed by atoms with van der Waals surface area (Å²) in [5.41, 5.74) is 10.2. The van der Waals surface area contributed by atoms with Crippen LogP contribution in [0.2, 0.25) is 24.2 Å². The highest BCUT2D eigenvalue weighted by Gasteiger charge is 2.61. The number of hydrogen-bond donors (Lipinski definition) is 0. The van der Waals surface area contributed by atoms with Crippen molar-refractivity contribution in [3.05, 3.63) is 107 Å². The van der Waals surface area contributed by atoms with Gasteiger partial charge in [-0.15, -0.1) is 0 Å². The van der Waals surface area contributed by atoms with Crippen molar-refractivity contribution >= 4 is 19.2 Å². The Morgan fingerprint density at radius 3 is 1.13 bits per heavy atom. The molecule has 4 aliphatic rings. The number of allylic oxidation sites excluding steroid dienone is 6. The quantitative estimate of drug-likeness (QED) is 0.250. The van der Waals surface area contributed by atoms with Crippen LogP contribution in [0.3, 0.4) is 0 Å². The Balaban J connectivity index is 1.59. The Hall–Kier alpha value is -2.78. The molecule has 0 aliphatic heterocycles. The van der Waals surface area contributed by atoms with Crippen LogP contribution >= 0.6 is 0 Å². The molecule has 0 heterocycles. The van der Waals surface area contributed by atoms with Crippen molar-refractivity contribution in [3.63, 3.8) is 0 Å². The predicted octanol–water partition coefficient (Wildman–Crippen LogP) is 14.9. The van der Waals surface area contributed by atoms with Crippen molar-refractivity contribution in [3.8, 4) is 0 Å². The number of methoxy groups -OCH3 is 2. The summed E-state index contributed by atoms with van der Waals surface area (Å²) in [4.78, 5) is 0. The summed E-state index contributed by atoms with van der Waals surface area (Å²) in [6.07, 6.45) is 10.6. The van der Waals surface area contributed by atoms with Crippen LogP contribution in [0.5, 0.6) is 0 Å². The Kier molecular flexibility index (Phi) is 11.3. The van der Waals surface area contributed by atoms with E-state index in [0.717, 1.165) is 11.5 Å². The number of rotatable bonds is 8. The SMILES string of the molecule is COC1=C(c2ccccc2)C2CC(CC(C)(C)C)C([Si](C)(C)C3C(CC(C)(C)C)CC4C(c5ccccc5)=C(OC)C(C(C)(C)C)=CC43)C2C=C1C(C)(C)C. The minimum atomic E-state index is -2.10. The fourth-order valence-corrected chi connectivity index (χ4v) is 18.6. The van der Waals surface area contributed by atoms with E-state index in [9.17, 15) is 0 Å². The van der Waals surface area contributed by atoms with Crippen LogP contribution in [0.25, 0.3) is 11.1 Å². The second-order valence-electron chi connectivity index (χ2n) is 23.0. The predicted molar refractivity (Wildman–Crippen MR) is 239 cm³/mol. The van der Waals surface area contributed by atoms with E-state index >= 15 is 0 Å². The normalized spacial score (nSPS) is 29.2. The van der Waals surface area contributed by atoms with Gasteiger partial charge in [0.05, 0.1) is 22.3 Å². The van der Waals surface area contributed by atoms with E-state index in [2.05, 4.69) is 169 Å². The van der Waals surface area contributed by atoms with Crippen molar-refractivity contribution in [1.82, 2.24) is 0 Å². The first-order valence-electron chi connectivity index (χ1n) is 21.6. The molecule has 2 aromatic rings. The standard InChI is InChI=1S/C52H76O2Si/c1-49(2,3)31-35-27-37-39(29-41(51(7,8)9)45(53-13)43(37)33-23-19-17-20-24-33)47(35)55(15,16)48-36(32-50(4,5)6)28-38-40(48)30-42(52(10,11)12)46(54-14)44(38)34-25-21-18-22-26-34/h17-26,29-30,35-40,47-48H,27-28,31-32H2,1-16H3. The first-order chi connectivity index (χ1) is 25.5. The van der Waals surface area contributed by atoms with E-state index in [4.69, 9.17) is 9.47 Å². The molecule has 4 aliphatic carbocycles. The summed E-state index contributed by atoms with van der Waals surface area (Å²) in [7, 11) is 1.74. The van der Waals surface area contributed by atoms with Gasteiger partial charge in [-0.05, 0) is 116 Å². The van der Waals surface area contributed by atoms with E-state index in [1.54, 1.807) is 0 Å². The Morgan fingerprint density at radius 2 is 0.855 bits per heavy atom. The van der Waals surface area contributed by atoms with Crippen molar-refractivity contribution in [2.75, 3.05) is 14.2 Å². The fraction of sp³-hybridized carbons (Fsp3) is 0.615. The van der Waals surface area contributed by atoms with Gasteiger partial charge in [-0.3, -0.25) is 0 Å². The van der Waals surface area contributed by atoms with Crippen molar-refractivity contribution in [2.24, 2.45) is 57.2 Å². The molecule has 8 unspecified atom stereocenters. The van der Waals surface area contributed by atoms with Gasteiger partial charge in [0.1, 0.15) is 11.5 Å². The molecule has 300 valence electrons. The van der Waals surface area contributed by atoms with Gasteiger partial charge in [0.25, 0.3) is 0 Å². The van der Waals surface area contributed by atoms with E-state index in [0.29, 0.717) is 46.6 Å². The molecule has 0 spiro atoms. The van der Waals surface area contributed by atoms with Crippen LogP contribution in [-0.2, 0) is 9.47 Å². The number of ether oxygens (including phenoxy) is 2. The third-order valence-corrected chi connectivity index (χ3v) is 19.1. The first-order valence-corrected chi connectivity index (χ1v) is 24.8.